The summed E-state index contributed by atoms with van der Waals surface area (Å²) in [4.78, 5) is 0. The Balaban J connectivity index is 1.95. The Morgan fingerprint density at radius 3 is 2.52 bits per heavy atom. The number of aromatic nitrogens is 2. The number of rotatable bonds is 4. The summed E-state index contributed by atoms with van der Waals surface area (Å²) < 4.78 is 1.86. The van der Waals surface area contributed by atoms with E-state index in [1.165, 1.54) is 0 Å². The third kappa shape index (κ3) is 2.58. The number of nitrogens with one attached hydrogen (secondary N) is 1. The molecule has 0 aliphatic rings. The van der Waals surface area contributed by atoms with Crippen molar-refractivity contribution in [3.63, 3.8) is 0 Å². The first kappa shape index (κ1) is 13.2. The SMILES string of the molecule is C=C(c1cnn(-c2ccccc2)c1)c1ccccc1NC. The molecule has 0 aliphatic carbocycles. The van der Waals surface area contributed by atoms with Crippen molar-refractivity contribution in [2.75, 3.05) is 12.4 Å². The first-order chi connectivity index (χ1) is 10.3. The molecular weight excluding hydrogens is 258 g/mol. The molecule has 0 saturated heterocycles. The molecule has 104 valence electrons. The number of benzene rings is 2. The lowest BCUT2D eigenvalue weighted by Gasteiger charge is -2.10. The molecule has 0 aliphatic heterocycles. The Bertz CT molecular complexity index is 757. The lowest BCUT2D eigenvalue weighted by molar-refractivity contribution is 0.880. The quantitative estimate of drug-likeness (QED) is 0.780. The van der Waals surface area contributed by atoms with Crippen LogP contribution in [0.5, 0.6) is 0 Å². The van der Waals surface area contributed by atoms with Crippen LogP contribution in [0, 0.1) is 0 Å². The second kappa shape index (κ2) is 5.67. The fourth-order valence-electron chi connectivity index (χ4n) is 2.32. The second-order valence-electron chi connectivity index (χ2n) is 4.78. The van der Waals surface area contributed by atoms with E-state index in [-0.39, 0.29) is 0 Å². The van der Waals surface area contributed by atoms with E-state index in [0.717, 1.165) is 28.1 Å². The number of para-hydroxylation sites is 2. The zero-order chi connectivity index (χ0) is 14.7. The summed E-state index contributed by atoms with van der Waals surface area (Å²) in [7, 11) is 1.92. The first-order valence-corrected chi connectivity index (χ1v) is 6.86. The van der Waals surface area contributed by atoms with Crippen molar-refractivity contribution < 1.29 is 0 Å². The zero-order valence-corrected chi connectivity index (χ0v) is 12.0. The largest absolute Gasteiger partial charge is 0.388 e. The highest BCUT2D eigenvalue weighted by Gasteiger charge is 2.09. The Labute approximate surface area is 124 Å². The van der Waals surface area contributed by atoms with Crippen molar-refractivity contribution in [1.82, 2.24) is 9.78 Å². The predicted octanol–water partition coefficient (Wildman–Crippen LogP) is 3.98. The molecule has 1 N–H and O–H groups in total. The third-order valence-corrected chi connectivity index (χ3v) is 3.47. The lowest BCUT2D eigenvalue weighted by Crippen LogP contribution is -1.95. The van der Waals surface area contributed by atoms with Crippen LogP contribution in [0.15, 0.2) is 73.6 Å². The Hall–Kier alpha value is -2.81. The average Bonchev–Trinajstić information content (AvgIpc) is 3.05. The van der Waals surface area contributed by atoms with Gasteiger partial charge in [0.15, 0.2) is 0 Å². The Morgan fingerprint density at radius 1 is 1.05 bits per heavy atom. The summed E-state index contributed by atoms with van der Waals surface area (Å²) >= 11 is 0. The molecule has 0 atom stereocenters. The number of nitrogens with zero attached hydrogens (tertiary/aromatic N) is 2. The summed E-state index contributed by atoms with van der Waals surface area (Å²) in [6.07, 6.45) is 3.85. The Kier molecular flexibility index (Phi) is 3.56. The van der Waals surface area contributed by atoms with Gasteiger partial charge >= 0.3 is 0 Å². The van der Waals surface area contributed by atoms with E-state index in [1.807, 2.05) is 72.7 Å². The maximum absolute atomic E-state index is 4.42. The normalized spacial score (nSPS) is 10.3. The molecule has 3 nitrogen and oxygen atoms in total. The highest BCUT2D eigenvalue weighted by molar-refractivity contribution is 5.84. The highest BCUT2D eigenvalue weighted by atomic mass is 15.3. The van der Waals surface area contributed by atoms with Gasteiger partial charge in [-0.3, -0.25) is 0 Å². The van der Waals surface area contributed by atoms with Gasteiger partial charge in [-0.25, -0.2) is 4.68 Å². The van der Waals surface area contributed by atoms with Crippen LogP contribution in [0.3, 0.4) is 0 Å². The van der Waals surface area contributed by atoms with Crippen LogP contribution >= 0.6 is 0 Å². The van der Waals surface area contributed by atoms with E-state index in [0.29, 0.717) is 0 Å². The minimum atomic E-state index is 0.960. The average molecular weight is 275 g/mol. The van der Waals surface area contributed by atoms with Crippen molar-refractivity contribution in [2.24, 2.45) is 0 Å². The van der Waals surface area contributed by atoms with Gasteiger partial charge < -0.3 is 5.32 Å². The van der Waals surface area contributed by atoms with Crippen LogP contribution in [-0.2, 0) is 0 Å². The molecule has 0 saturated carbocycles. The van der Waals surface area contributed by atoms with E-state index in [1.54, 1.807) is 0 Å². The fraction of sp³-hybridized carbons (Fsp3) is 0.0556. The Morgan fingerprint density at radius 2 is 1.76 bits per heavy atom. The molecule has 1 heterocycles. The summed E-state index contributed by atoms with van der Waals surface area (Å²) in [6, 6.07) is 18.2. The van der Waals surface area contributed by atoms with Crippen molar-refractivity contribution in [2.45, 2.75) is 0 Å². The summed E-state index contributed by atoms with van der Waals surface area (Å²) in [6.45, 7) is 4.22. The van der Waals surface area contributed by atoms with Gasteiger partial charge in [0.25, 0.3) is 0 Å². The van der Waals surface area contributed by atoms with E-state index in [4.69, 9.17) is 0 Å². The maximum Gasteiger partial charge on any atom is 0.0645 e. The van der Waals surface area contributed by atoms with Gasteiger partial charge in [-0.05, 0) is 23.8 Å². The summed E-state index contributed by atoms with van der Waals surface area (Å²) in [5.74, 6) is 0. The van der Waals surface area contributed by atoms with Gasteiger partial charge in [-0.1, -0.05) is 43.0 Å². The van der Waals surface area contributed by atoms with Crippen LogP contribution in [0.25, 0.3) is 11.3 Å². The molecular formula is C18H17N3. The molecule has 2 aromatic carbocycles. The standard InChI is InChI=1S/C18H17N3/c1-14(17-10-6-7-11-18(17)19-2)15-12-20-21(13-15)16-8-4-3-5-9-16/h3-13,19H,1H2,2H3. The predicted molar refractivity (Wildman–Crippen MR) is 87.7 cm³/mol. The molecule has 0 unspecified atom stereocenters. The summed E-state index contributed by atoms with van der Waals surface area (Å²) in [5, 5.41) is 7.62. The van der Waals surface area contributed by atoms with Crippen LogP contribution in [-0.4, -0.2) is 16.8 Å². The lowest BCUT2D eigenvalue weighted by atomic mass is 10.0. The van der Waals surface area contributed by atoms with Gasteiger partial charge in [0.1, 0.15) is 0 Å². The highest BCUT2D eigenvalue weighted by Crippen LogP contribution is 2.27. The third-order valence-electron chi connectivity index (χ3n) is 3.47. The molecule has 0 fully saturated rings. The monoisotopic (exact) mass is 275 g/mol. The van der Waals surface area contributed by atoms with Gasteiger partial charge in [0, 0.05) is 30.1 Å². The minimum Gasteiger partial charge on any atom is -0.388 e. The van der Waals surface area contributed by atoms with Crippen LogP contribution in [0.1, 0.15) is 11.1 Å². The van der Waals surface area contributed by atoms with E-state index < -0.39 is 0 Å². The fourth-order valence-corrected chi connectivity index (χ4v) is 2.32. The van der Waals surface area contributed by atoms with Gasteiger partial charge in [-0.15, -0.1) is 0 Å². The maximum atomic E-state index is 4.42. The van der Waals surface area contributed by atoms with Crippen molar-refractivity contribution in [3.05, 3.63) is 84.7 Å². The van der Waals surface area contributed by atoms with Crippen LogP contribution < -0.4 is 5.32 Å². The molecule has 0 amide bonds. The molecule has 3 heteroatoms. The minimum absolute atomic E-state index is 0.960. The first-order valence-electron chi connectivity index (χ1n) is 6.86. The van der Waals surface area contributed by atoms with Crippen LogP contribution in [0.4, 0.5) is 5.69 Å². The zero-order valence-electron chi connectivity index (χ0n) is 12.0. The molecule has 0 bridgehead atoms. The van der Waals surface area contributed by atoms with Crippen molar-refractivity contribution >= 4 is 11.3 Å². The number of hydrogen-bond acceptors (Lipinski definition) is 2. The topological polar surface area (TPSA) is 29.9 Å². The van der Waals surface area contributed by atoms with E-state index >= 15 is 0 Å². The molecule has 3 aromatic rings. The molecule has 0 spiro atoms. The van der Waals surface area contributed by atoms with Crippen LogP contribution in [0.2, 0.25) is 0 Å². The molecule has 21 heavy (non-hydrogen) atoms. The molecule has 1 aromatic heterocycles. The number of anilines is 1. The van der Waals surface area contributed by atoms with Gasteiger partial charge in [-0.2, -0.15) is 5.10 Å². The smallest absolute Gasteiger partial charge is 0.0645 e. The van der Waals surface area contributed by atoms with Gasteiger partial charge in [0.05, 0.1) is 11.9 Å². The molecule has 0 radical (unpaired) electrons. The van der Waals surface area contributed by atoms with Crippen molar-refractivity contribution in [3.8, 4) is 5.69 Å². The summed E-state index contributed by atoms with van der Waals surface area (Å²) in [5.41, 5.74) is 5.17. The second-order valence-corrected chi connectivity index (χ2v) is 4.78. The number of hydrogen-bond donors (Lipinski definition) is 1. The van der Waals surface area contributed by atoms with Crippen molar-refractivity contribution in [1.29, 1.82) is 0 Å². The van der Waals surface area contributed by atoms with Gasteiger partial charge in [0.2, 0.25) is 0 Å². The molecule has 3 rings (SSSR count). The van der Waals surface area contributed by atoms with E-state index in [2.05, 4.69) is 23.1 Å². The van der Waals surface area contributed by atoms with E-state index in [9.17, 15) is 0 Å².